The molecule has 0 atom stereocenters. The van der Waals surface area contributed by atoms with Gasteiger partial charge < -0.3 is 20.0 Å². The van der Waals surface area contributed by atoms with Crippen LogP contribution in [0.1, 0.15) is 124 Å². The molecule has 0 bridgehead atoms. The summed E-state index contributed by atoms with van der Waals surface area (Å²) >= 11 is 0. The molecule has 0 N–H and O–H groups in total. The second-order valence-corrected chi connectivity index (χ2v) is 17.0. The van der Waals surface area contributed by atoms with E-state index in [0.717, 1.165) is 0 Å². The largest absolute Gasteiger partial charge is 2.00 e. The second kappa shape index (κ2) is 22.2. The Balaban J connectivity index is -0.000000110. The van der Waals surface area contributed by atoms with E-state index in [0.29, 0.717) is 13.1 Å². The first-order valence-electron chi connectivity index (χ1n) is 14.8. The van der Waals surface area contributed by atoms with Crippen LogP contribution in [-0.2, 0) is 53.3 Å². The molecule has 8 nitrogen and oxygen atoms in total. The van der Waals surface area contributed by atoms with E-state index in [4.69, 9.17) is 0 Å². The van der Waals surface area contributed by atoms with Crippen molar-refractivity contribution < 1.29 is 63.5 Å². The van der Waals surface area contributed by atoms with Crippen LogP contribution in [0.3, 0.4) is 0 Å². The first-order chi connectivity index (χ1) is 17.9. The van der Waals surface area contributed by atoms with Crippen LogP contribution in [0.5, 0.6) is 0 Å². The molecule has 0 aliphatic carbocycles. The second-order valence-electron chi connectivity index (χ2n) is 17.0. The number of ketones is 4. The zero-order chi connectivity index (χ0) is 35.3. The molecule has 0 rings (SSSR count). The number of carbonyl (C=O) groups excluding carboxylic acids is 4. The standard InChI is InChI=1S/2C11H20O2.2C6H14NO.2Mn/c2*1-10(2,3)8(12)7-9(13)11(4,5)6;2*1-6(2,8)5-7(3)4;;/h2*7H2,1-6H3;2*5H2,1-4H3;;/q;;2*-1;2*+2. The van der Waals surface area contributed by atoms with Crippen molar-refractivity contribution in [2.45, 2.75) is 135 Å². The minimum atomic E-state index is -0.802. The Morgan fingerprint density at radius 1 is 0.409 bits per heavy atom. The first-order valence-corrected chi connectivity index (χ1v) is 14.8. The van der Waals surface area contributed by atoms with E-state index in [9.17, 15) is 29.4 Å². The molecule has 0 aliphatic rings. The summed E-state index contributed by atoms with van der Waals surface area (Å²) in [4.78, 5) is 49.8. The van der Waals surface area contributed by atoms with Gasteiger partial charge in [0.1, 0.15) is 23.1 Å². The molecule has 0 aromatic carbocycles. The normalized spacial score (nSPS) is 12.2. The molecular formula is C34H68Mn2N2O6+2. The van der Waals surface area contributed by atoms with Crippen molar-refractivity contribution in [3.63, 3.8) is 0 Å². The zero-order valence-corrected chi connectivity index (χ0v) is 34.3. The first kappa shape index (κ1) is 55.9. The van der Waals surface area contributed by atoms with Crippen molar-refractivity contribution in [2.75, 3.05) is 41.3 Å². The van der Waals surface area contributed by atoms with E-state index in [1.165, 1.54) is 0 Å². The maximum atomic E-state index is 11.5. The summed E-state index contributed by atoms with van der Waals surface area (Å²) in [5.74, 6) is 0.0831. The molecule has 0 spiro atoms. The Hall–Kier alpha value is -0.441. The fraction of sp³-hybridized carbons (Fsp3) is 0.882. The van der Waals surface area contributed by atoms with Gasteiger partial charge in [-0.2, -0.15) is 0 Å². The average Bonchev–Trinajstić information content (AvgIpc) is 2.62. The van der Waals surface area contributed by atoms with Gasteiger partial charge in [-0.05, 0) is 41.3 Å². The van der Waals surface area contributed by atoms with Gasteiger partial charge in [-0.25, -0.2) is 0 Å². The summed E-state index contributed by atoms with van der Waals surface area (Å²) < 4.78 is 0. The molecule has 0 saturated heterocycles. The number of likely N-dealkylation sites (N-methyl/N-ethyl adjacent to an activating group) is 2. The van der Waals surface area contributed by atoms with Crippen LogP contribution in [0.2, 0.25) is 0 Å². The van der Waals surface area contributed by atoms with E-state index in [1.54, 1.807) is 27.7 Å². The fourth-order valence-corrected chi connectivity index (χ4v) is 2.88. The van der Waals surface area contributed by atoms with Crippen LogP contribution in [0.15, 0.2) is 0 Å². The quantitative estimate of drug-likeness (QED) is 0.265. The van der Waals surface area contributed by atoms with Gasteiger partial charge in [0.05, 0.1) is 12.8 Å². The van der Waals surface area contributed by atoms with E-state index in [-0.39, 0.29) is 70.1 Å². The smallest absolute Gasteiger partial charge is 0.849 e. The third kappa shape index (κ3) is 39.6. The molecule has 0 fully saturated rings. The fourth-order valence-electron chi connectivity index (χ4n) is 2.88. The van der Waals surface area contributed by atoms with E-state index >= 15 is 0 Å². The molecule has 2 radical (unpaired) electrons. The predicted molar refractivity (Wildman–Crippen MR) is 172 cm³/mol. The van der Waals surface area contributed by atoms with Gasteiger partial charge in [-0.1, -0.05) is 111 Å². The van der Waals surface area contributed by atoms with Crippen LogP contribution in [0.25, 0.3) is 0 Å². The maximum Gasteiger partial charge on any atom is 2.00 e. The third-order valence-electron chi connectivity index (χ3n) is 5.38. The minimum Gasteiger partial charge on any atom is -0.849 e. The SMILES string of the molecule is CC(C)(C)C(=O)CC(=O)C(C)(C)C.CC(C)(C)C(=O)CC(=O)C(C)(C)C.CN(C)CC(C)(C)[O-].CN(C)CC(C)(C)[O-].[Mn+2].[Mn+2]. The van der Waals surface area contributed by atoms with Gasteiger partial charge in [0.2, 0.25) is 0 Å². The molecule has 0 amide bonds. The van der Waals surface area contributed by atoms with Gasteiger partial charge >= 0.3 is 34.1 Å². The Bertz CT molecular complexity index is 711. The van der Waals surface area contributed by atoms with Crippen molar-refractivity contribution in [3.8, 4) is 0 Å². The predicted octanol–water partition coefficient (Wildman–Crippen LogP) is 4.58. The molecule has 0 aromatic rings. The molecule has 44 heavy (non-hydrogen) atoms. The number of carbonyl (C=O) groups is 4. The van der Waals surface area contributed by atoms with Crippen LogP contribution in [0, 0.1) is 21.7 Å². The minimum absolute atomic E-state index is 0. The molecular weight excluding hydrogens is 642 g/mol. The Labute approximate surface area is 293 Å². The van der Waals surface area contributed by atoms with Gasteiger partial charge in [0.25, 0.3) is 0 Å². The Morgan fingerprint density at radius 2 is 0.545 bits per heavy atom. The monoisotopic (exact) mass is 710 g/mol. The van der Waals surface area contributed by atoms with Gasteiger partial charge in [-0.3, -0.25) is 19.2 Å². The van der Waals surface area contributed by atoms with Gasteiger partial charge in [-0.15, -0.1) is 11.2 Å². The molecule has 0 saturated carbocycles. The molecule has 10 heteroatoms. The maximum absolute atomic E-state index is 11.5. The topological polar surface area (TPSA) is 121 Å². The molecule has 0 unspecified atom stereocenters. The molecule has 262 valence electrons. The number of nitrogens with zero attached hydrogens (tertiary/aromatic N) is 2. The third-order valence-corrected chi connectivity index (χ3v) is 5.38. The van der Waals surface area contributed by atoms with Crippen molar-refractivity contribution >= 4 is 23.1 Å². The van der Waals surface area contributed by atoms with Crippen molar-refractivity contribution in [3.05, 3.63) is 0 Å². The molecule has 0 aliphatic heterocycles. The van der Waals surface area contributed by atoms with Gasteiger partial charge in [0.15, 0.2) is 0 Å². The summed E-state index contributed by atoms with van der Waals surface area (Å²) in [5, 5.41) is 21.7. The number of hydrogen-bond donors (Lipinski definition) is 0. The summed E-state index contributed by atoms with van der Waals surface area (Å²) in [5.41, 5.74) is -3.21. The molecule has 0 aromatic heterocycles. The van der Waals surface area contributed by atoms with Crippen LogP contribution >= 0.6 is 0 Å². The van der Waals surface area contributed by atoms with Crippen LogP contribution in [0.4, 0.5) is 0 Å². The summed E-state index contributed by atoms with van der Waals surface area (Å²) in [7, 11) is 7.61. The Kier molecular flexibility index (Phi) is 28.2. The summed E-state index contributed by atoms with van der Waals surface area (Å²) in [6.45, 7) is 30.0. The van der Waals surface area contributed by atoms with E-state index < -0.39 is 32.9 Å². The van der Waals surface area contributed by atoms with E-state index in [1.807, 2.05) is 121 Å². The average molecular weight is 711 g/mol. The van der Waals surface area contributed by atoms with Gasteiger partial charge in [0, 0.05) is 21.7 Å². The summed E-state index contributed by atoms with van der Waals surface area (Å²) in [6, 6.07) is 0. The molecule has 0 heterocycles. The van der Waals surface area contributed by atoms with Crippen LogP contribution in [-0.4, -0.2) is 85.4 Å². The van der Waals surface area contributed by atoms with E-state index in [2.05, 4.69) is 0 Å². The summed E-state index contributed by atoms with van der Waals surface area (Å²) in [6.07, 6.45) is 0.125. The van der Waals surface area contributed by atoms with Crippen molar-refractivity contribution in [1.29, 1.82) is 0 Å². The Morgan fingerprint density at radius 3 is 0.591 bits per heavy atom. The number of Topliss-reactive ketones (excluding diaryl/α,β-unsaturated/α-hetero) is 4. The van der Waals surface area contributed by atoms with Crippen molar-refractivity contribution in [2.24, 2.45) is 21.7 Å². The zero-order valence-electron chi connectivity index (χ0n) is 31.9. The van der Waals surface area contributed by atoms with Crippen molar-refractivity contribution in [1.82, 2.24) is 9.80 Å². The number of rotatable bonds is 8. The van der Waals surface area contributed by atoms with Crippen LogP contribution < -0.4 is 10.2 Å². The number of hydrogen-bond acceptors (Lipinski definition) is 8.